The summed E-state index contributed by atoms with van der Waals surface area (Å²) in [6, 6.07) is 0. The van der Waals surface area contributed by atoms with Gasteiger partial charge in [0.1, 0.15) is 0 Å². The van der Waals surface area contributed by atoms with Crippen LogP contribution in [0.2, 0.25) is 0 Å². The number of ether oxygens (including phenoxy) is 3. The molecule has 5 nitrogen and oxygen atoms in total. The predicted molar refractivity (Wildman–Crippen MR) is 73.8 cm³/mol. The van der Waals surface area contributed by atoms with Gasteiger partial charge >= 0.3 is 0 Å². The number of fused-ring (bicyclic) bond motifs is 2. The first-order valence-corrected chi connectivity index (χ1v) is 8.02. The van der Waals surface area contributed by atoms with Crippen molar-refractivity contribution >= 4 is 0 Å². The Morgan fingerprint density at radius 3 is 2.81 bits per heavy atom. The fourth-order valence-corrected chi connectivity index (χ4v) is 5.01. The molecule has 8 atom stereocenters. The summed E-state index contributed by atoms with van der Waals surface area (Å²) in [5, 5.41) is 0. The van der Waals surface area contributed by atoms with E-state index in [0.717, 1.165) is 25.7 Å². The molecule has 1 unspecified atom stereocenters. The number of hydrogen-bond donors (Lipinski definition) is 0. The summed E-state index contributed by atoms with van der Waals surface area (Å²) in [6.45, 7) is 6.06. The molecule has 5 fully saturated rings. The lowest BCUT2D eigenvalue weighted by molar-refractivity contribution is -0.577. The highest BCUT2D eigenvalue weighted by atomic mass is 17.3. The second kappa shape index (κ2) is 4.65. The van der Waals surface area contributed by atoms with Crippen LogP contribution in [-0.4, -0.2) is 31.0 Å². The van der Waals surface area contributed by atoms with E-state index < -0.39 is 31.0 Å². The molecule has 0 amide bonds. The second-order valence-electron chi connectivity index (χ2n) is 7.39. The van der Waals surface area contributed by atoms with E-state index in [9.17, 15) is 0 Å². The second-order valence-corrected chi connectivity index (χ2v) is 7.39. The molecule has 120 valence electrons. The average Bonchev–Trinajstić information content (AvgIpc) is 2.69. The molecule has 21 heavy (non-hydrogen) atoms. The van der Waals surface area contributed by atoms with Gasteiger partial charge in [-0.15, -0.1) is 0 Å². The van der Waals surface area contributed by atoms with Crippen molar-refractivity contribution < 1.29 is 28.1 Å². The normalized spacial score (nSPS) is 62.1. The van der Waals surface area contributed by atoms with Crippen molar-refractivity contribution in [2.24, 2.45) is 23.7 Å². The van der Waals surface area contributed by atoms with E-state index in [-0.39, 0.29) is 17.8 Å². The Bertz CT molecular complexity index is 514. The highest BCUT2D eigenvalue weighted by Gasteiger charge is 2.69. The number of methoxy groups -OCH3 is 1. The molecule has 0 radical (unpaired) electrons. The van der Waals surface area contributed by atoms with Crippen LogP contribution in [0.3, 0.4) is 0 Å². The van der Waals surface area contributed by atoms with Crippen LogP contribution in [0.5, 0.6) is 0 Å². The van der Waals surface area contributed by atoms with Crippen LogP contribution in [-0.2, 0) is 24.0 Å². The van der Waals surface area contributed by atoms with E-state index in [1.807, 2.05) is 13.8 Å². The standard InChI is InChI=1S/C16H26O5/c1-9-5-6-12-10(2)13(17-4)18-14-16(12)11(9)7-8-15(3,19-14)20-21-16/h9-14H,5-8H2,1-4H3/t9-,10+,11+,12+,13?,14-,15-,16-/m1/s1/i4D3. The van der Waals surface area contributed by atoms with Gasteiger partial charge in [-0.05, 0) is 38.0 Å². The van der Waals surface area contributed by atoms with Crippen molar-refractivity contribution in [2.45, 2.75) is 70.4 Å². The summed E-state index contributed by atoms with van der Waals surface area (Å²) in [6.07, 6.45) is 2.18. The molecule has 5 aliphatic rings. The average molecular weight is 301 g/mol. The number of rotatable bonds is 1. The lowest BCUT2D eigenvalue weighted by Crippen LogP contribution is -2.70. The van der Waals surface area contributed by atoms with Gasteiger partial charge in [0.25, 0.3) is 0 Å². The van der Waals surface area contributed by atoms with Gasteiger partial charge in [-0.2, -0.15) is 0 Å². The van der Waals surface area contributed by atoms with Gasteiger partial charge in [0, 0.05) is 25.3 Å². The van der Waals surface area contributed by atoms with Gasteiger partial charge < -0.3 is 14.2 Å². The first kappa shape index (κ1) is 11.4. The van der Waals surface area contributed by atoms with Crippen LogP contribution in [0, 0.1) is 23.7 Å². The zero-order valence-electron chi connectivity index (χ0n) is 15.8. The zero-order chi connectivity index (χ0) is 17.3. The fraction of sp³-hybridized carbons (Fsp3) is 1.00. The van der Waals surface area contributed by atoms with Crippen molar-refractivity contribution in [3.05, 3.63) is 0 Å². The molecule has 0 aromatic heterocycles. The fourth-order valence-electron chi connectivity index (χ4n) is 5.01. The van der Waals surface area contributed by atoms with Gasteiger partial charge in [0.05, 0.1) is 4.11 Å². The third-order valence-electron chi connectivity index (χ3n) is 6.21. The minimum atomic E-state index is -2.50. The Kier molecular flexibility index (Phi) is 2.51. The maximum Gasteiger partial charge on any atom is 0.201 e. The highest BCUT2D eigenvalue weighted by molar-refractivity contribution is 5.08. The minimum absolute atomic E-state index is 0.0763. The van der Waals surface area contributed by atoms with E-state index in [0.29, 0.717) is 5.92 Å². The van der Waals surface area contributed by atoms with Crippen molar-refractivity contribution in [3.63, 3.8) is 0 Å². The Hall–Kier alpha value is -0.200. The van der Waals surface area contributed by atoms with Crippen LogP contribution in [0.4, 0.5) is 0 Å². The third kappa shape index (κ3) is 1.81. The first-order valence-electron chi connectivity index (χ1n) is 9.52. The number of hydrogen-bond acceptors (Lipinski definition) is 5. The lowest BCUT2D eigenvalue weighted by atomic mass is 9.58. The summed E-state index contributed by atoms with van der Waals surface area (Å²) in [5.74, 6) is -0.157. The molecule has 5 rings (SSSR count). The Morgan fingerprint density at radius 2 is 2.00 bits per heavy atom. The molecule has 0 N–H and O–H groups in total. The molecule has 2 bridgehead atoms. The SMILES string of the molecule is [2H]C([2H])([2H])OC1O[C@@H]2O[C@@]3(C)CC[C@H]4[C@H](C)CC[C@@H]([C@@H]1C)[C@@]24OO3. The summed E-state index contributed by atoms with van der Waals surface area (Å²) < 4.78 is 39.6. The summed E-state index contributed by atoms with van der Waals surface area (Å²) in [7, 11) is -2.50. The van der Waals surface area contributed by atoms with Gasteiger partial charge in [-0.25, -0.2) is 9.78 Å². The summed E-state index contributed by atoms with van der Waals surface area (Å²) >= 11 is 0. The van der Waals surface area contributed by atoms with Crippen LogP contribution in [0.15, 0.2) is 0 Å². The van der Waals surface area contributed by atoms with E-state index in [2.05, 4.69) is 6.92 Å². The molecule has 0 aromatic rings. The molecule has 5 heteroatoms. The Balaban J connectivity index is 1.72. The Morgan fingerprint density at radius 1 is 1.14 bits per heavy atom. The molecule has 1 aliphatic carbocycles. The lowest BCUT2D eigenvalue weighted by Gasteiger charge is -2.60. The highest BCUT2D eigenvalue weighted by Crippen LogP contribution is 2.60. The molecule has 4 aliphatic heterocycles. The molecular formula is C16H26O5. The molecular weight excluding hydrogens is 272 g/mol. The Labute approximate surface area is 130 Å². The van der Waals surface area contributed by atoms with Crippen LogP contribution in [0.25, 0.3) is 0 Å². The van der Waals surface area contributed by atoms with Gasteiger partial charge in [0.2, 0.25) is 5.79 Å². The van der Waals surface area contributed by atoms with Crippen molar-refractivity contribution in [3.8, 4) is 0 Å². The quantitative estimate of drug-likeness (QED) is 0.697. The molecule has 4 saturated heterocycles. The van der Waals surface area contributed by atoms with Gasteiger partial charge in [-0.1, -0.05) is 13.8 Å². The molecule has 0 aromatic carbocycles. The van der Waals surface area contributed by atoms with Crippen molar-refractivity contribution in [2.75, 3.05) is 7.04 Å². The third-order valence-corrected chi connectivity index (χ3v) is 6.21. The van der Waals surface area contributed by atoms with E-state index in [4.69, 9.17) is 28.1 Å². The predicted octanol–water partition coefficient (Wildman–Crippen LogP) is 2.84. The molecule has 1 saturated carbocycles. The smallest absolute Gasteiger partial charge is 0.201 e. The molecule has 1 spiro atoms. The van der Waals surface area contributed by atoms with Gasteiger partial charge in [-0.3, -0.25) is 0 Å². The van der Waals surface area contributed by atoms with Crippen LogP contribution < -0.4 is 0 Å². The maximum absolute atomic E-state index is 7.42. The molecule has 4 heterocycles. The maximum atomic E-state index is 7.42. The van der Waals surface area contributed by atoms with Crippen LogP contribution >= 0.6 is 0 Å². The van der Waals surface area contributed by atoms with E-state index in [1.165, 1.54) is 0 Å². The zero-order valence-corrected chi connectivity index (χ0v) is 12.8. The van der Waals surface area contributed by atoms with E-state index >= 15 is 0 Å². The largest absolute Gasteiger partial charge is 0.355 e. The van der Waals surface area contributed by atoms with Crippen LogP contribution in [0.1, 0.15) is 50.6 Å². The summed E-state index contributed by atoms with van der Waals surface area (Å²) in [5.41, 5.74) is -0.679. The van der Waals surface area contributed by atoms with E-state index in [1.54, 1.807) is 0 Å². The minimum Gasteiger partial charge on any atom is -0.355 e. The topological polar surface area (TPSA) is 46.2 Å². The van der Waals surface area contributed by atoms with Crippen molar-refractivity contribution in [1.82, 2.24) is 0 Å². The summed E-state index contributed by atoms with van der Waals surface area (Å²) in [4.78, 5) is 11.7. The monoisotopic (exact) mass is 301 g/mol. The van der Waals surface area contributed by atoms with Crippen molar-refractivity contribution in [1.29, 1.82) is 0 Å². The van der Waals surface area contributed by atoms with Gasteiger partial charge in [0.15, 0.2) is 18.2 Å². The first-order chi connectivity index (χ1) is 11.1.